The van der Waals surface area contributed by atoms with Crippen LogP contribution in [0.5, 0.6) is 0 Å². The molecule has 0 spiro atoms. The molecule has 1 aliphatic rings. The van der Waals surface area contributed by atoms with Crippen LogP contribution in [0.4, 0.5) is 0 Å². The molecule has 0 aliphatic carbocycles. The van der Waals surface area contributed by atoms with Gasteiger partial charge >= 0.3 is 0 Å². The molecular formula is C64H115N11O13S. The predicted octanol–water partition coefficient (Wildman–Crippen LogP) is 3.32. The number of thioether (sulfide) groups is 1. The van der Waals surface area contributed by atoms with Gasteiger partial charge in [-0.3, -0.25) is 52.7 Å². The largest absolute Gasteiger partial charge is 0.396 e. The fourth-order valence-electron chi connectivity index (χ4n) is 11.1. The lowest BCUT2D eigenvalue weighted by atomic mass is 9.91. The van der Waals surface area contributed by atoms with Gasteiger partial charge in [-0.05, 0) is 101 Å². The van der Waals surface area contributed by atoms with Gasteiger partial charge in [-0.25, -0.2) is 0 Å². The Morgan fingerprint density at radius 3 is 1.46 bits per heavy atom. The van der Waals surface area contributed by atoms with Crippen molar-refractivity contribution < 1.29 is 63.0 Å². The third kappa shape index (κ3) is 21.9. The van der Waals surface area contributed by atoms with E-state index in [0.717, 1.165) is 21.6 Å². The van der Waals surface area contributed by atoms with E-state index in [0.29, 0.717) is 0 Å². The number of carbonyl (C=O) groups excluding carboxylic acids is 11. The first kappa shape index (κ1) is 81.2. The van der Waals surface area contributed by atoms with Crippen molar-refractivity contribution in [1.82, 2.24) is 55.6 Å². The summed E-state index contributed by atoms with van der Waals surface area (Å²) in [7, 11) is 9.80. The molecule has 0 unspecified atom stereocenters. The van der Waals surface area contributed by atoms with Crippen molar-refractivity contribution in [2.24, 2.45) is 41.4 Å². The van der Waals surface area contributed by atoms with Crippen molar-refractivity contribution in [3.8, 4) is 0 Å². The van der Waals surface area contributed by atoms with Crippen molar-refractivity contribution in [2.75, 3.05) is 68.2 Å². The zero-order valence-electron chi connectivity index (χ0n) is 58.3. The molecule has 6 N–H and O–H groups in total. The normalized spacial score (nSPS) is 27.1. The molecule has 0 aromatic rings. The highest BCUT2D eigenvalue weighted by Crippen LogP contribution is 2.40. The van der Waals surface area contributed by atoms with Crippen molar-refractivity contribution in [2.45, 2.75) is 222 Å². The Hall–Kier alpha value is -5.82. The molecule has 1 saturated heterocycles. The summed E-state index contributed by atoms with van der Waals surface area (Å²) in [6.45, 7) is 28.7. The van der Waals surface area contributed by atoms with Crippen LogP contribution < -0.4 is 21.3 Å². The average Bonchev–Trinajstić information content (AvgIpc) is 0.791. The molecule has 1 fully saturated rings. The average molecular weight is 1280 g/mol. The van der Waals surface area contributed by atoms with Gasteiger partial charge in [-0.2, -0.15) is 0 Å². The predicted molar refractivity (Wildman–Crippen MR) is 347 cm³/mol. The van der Waals surface area contributed by atoms with Crippen LogP contribution in [0.2, 0.25) is 0 Å². The molecule has 0 aromatic heterocycles. The number of aliphatic hydroxyl groups excluding tert-OH is 2. The molecule has 1 aliphatic heterocycles. The molecule has 0 radical (unpaired) electrons. The summed E-state index contributed by atoms with van der Waals surface area (Å²) in [6.07, 6.45) is 2.74. The molecular weight excluding hydrogens is 1160 g/mol. The minimum absolute atomic E-state index is 0.0112. The van der Waals surface area contributed by atoms with Gasteiger partial charge in [-0.1, -0.05) is 109 Å². The molecule has 510 valence electrons. The smallest absolute Gasteiger partial charge is 0.259 e. The molecule has 0 saturated carbocycles. The maximum Gasteiger partial charge on any atom is 0.259 e. The third-order valence-electron chi connectivity index (χ3n) is 16.7. The summed E-state index contributed by atoms with van der Waals surface area (Å²) in [5, 5.41) is 33.7. The van der Waals surface area contributed by atoms with Crippen molar-refractivity contribution in [3.63, 3.8) is 0 Å². The second kappa shape index (κ2) is 36.9. The standard InChI is InChI=1S/C64H115N11O13S/c1-25-27-28-42(15)53(78)52-57(82)67-45(26-2)59(84)69(18)35-50(77)70(19)46(31-36(3)4)56(81)68-51(40(11)12)62(87)71(20)47(32-37(5)6)55(80)65-43(16)54(79)66-44(17)58(83)72(21)48(33-38(7)8)60(85)73(22)49(34-39(9)10)61(86)75(24)64(41(13)14,89-30-29-76)63(88)74(52)23/h25,27,36-49,51-53,76,78H,26,28-35H2,1-24H3,(H,65,80)(H,66,79)(H,67,82)(H,68,81)/b27-25+/t42-,43+,44-,45+,46+,47+,48+,49+,51+,52+,53-,64+/m1/s1. The van der Waals surface area contributed by atoms with E-state index in [1.54, 1.807) is 60.6 Å². The van der Waals surface area contributed by atoms with Crippen molar-refractivity contribution >= 4 is 76.7 Å². The van der Waals surface area contributed by atoms with E-state index in [1.165, 1.54) is 87.7 Å². The number of aliphatic hydroxyl groups is 2. The Morgan fingerprint density at radius 2 is 1.00 bits per heavy atom. The highest BCUT2D eigenvalue weighted by atomic mass is 32.2. The van der Waals surface area contributed by atoms with E-state index < -0.39 is 161 Å². The third-order valence-corrected chi connectivity index (χ3v) is 18.5. The first-order valence-corrected chi connectivity index (χ1v) is 32.7. The lowest BCUT2D eigenvalue weighted by Crippen LogP contribution is -2.68. The van der Waals surface area contributed by atoms with Crippen LogP contribution in [-0.2, 0) is 52.7 Å². The van der Waals surface area contributed by atoms with Crippen LogP contribution in [0.3, 0.4) is 0 Å². The van der Waals surface area contributed by atoms with Crippen molar-refractivity contribution in [3.05, 3.63) is 12.2 Å². The van der Waals surface area contributed by atoms with Crippen LogP contribution in [0.1, 0.15) is 156 Å². The molecule has 24 nitrogen and oxygen atoms in total. The van der Waals surface area contributed by atoms with Gasteiger partial charge in [0.25, 0.3) is 5.91 Å². The lowest BCUT2D eigenvalue weighted by molar-refractivity contribution is -0.159. The zero-order valence-corrected chi connectivity index (χ0v) is 59.1. The fourth-order valence-corrected chi connectivity index (χ4v) is 12.4. The number of rotatable bonds is 18. The summed E-state index contributed by atoms with van der Waals surface area (Å²) in [4.78, 5) is 169. The van der Waals surface area contributed by atoms with Crippen LogP contribution in [0.15, 0.2) is 12.2 Å². The minimum atomic E-state index is -1.93. The number of carbonyl (C=O) groups is 11. The van der Waals surface area contributed by atoms with Crippen molar-refractivity contribution in [1.29, 1.82) is 0 Å². The quantitative estimate of drug-likeness (QED) is 0.107. The summed E-state index contributed by atoms with van der Waals surface area (Å²) < 4.78 is 0. The van der Waals surface area contributed by atoms with Crippen LogP contribution in [-0.4, -0.2) is 243 Å². The van der Waals surface area contributed by atoms with E-state index >= 15 is 19.2 Å². The van der Waals surface area contributed by atoms with Gasteiger partial charge in [0.1, 0.15) is 54.4 Å². The molecule has 1 heterocycles. The summed E-state index contributed by atoms with van der Waals surface area (Å²) in [5.41, 5.74) is 0. The summed E-state index contributed by atoms with van der Waals surface area (Å²) in [5.74, 6) is -10.5. The maximum absolute atomic E-state index is 15.9. The van der Waals surface area contributed by atoms with Gasteiger partial charge in [0.05, 0.1) is 19.3 Å². The Bertz CT molecular complexity index is 2440. The molecule has 12 atom stereocenters. The number of amides is 11. The number of nitrogens with zero attached hydrogens (tertiary/aromatic N) is 7. The topological polar surface area (TPSA) is 299 Å². The van der Waals surface area contributed by atoms with E-state index in [9.17, 15) is 43.8 Å². The van der Waals surface area contributed by atoms with E-state index in [2.05, 4.69) is 21.3 Å². The Kier molecular flexibility index (Phi) is 33.6. The van der Waals surface area contributed by atoms with Gasteiger partial charge < -0.3 is 65.8 Å². The Labute approximate surface area is 536 Å². The molecule has 0 bridgehead atoms. The fraction of sp³-hybridized carbons (Fsp3) is 0.797. The van der Waals surface area contributed by atoms with Gasteiger partial charge in [-0.15, -0.1) is 11.8 Å². The number of hydrogen-bond donors (Lipinski definition) is 6. The number of hydrogen-bond acceptors (Lipinski definition) is 14. The minimum Gasteiger partial charge on any atom is -0.396 e. The number of likely N-dealkylation sites (N-methyl/N-ethyl adjacent to an activating group) is 7. The van der Waals surface area contributed by atoms with E-state index in [-0.39, 0.29) is 67.9 Å². The number of allylic oxidation sites excluding steroid dienone is 2. The zero-order chi connectivity index (χ0) is 69.0. The van der Waals surface area contributed by atoms with E-state index in [1.807, 2.05) is 55.4 Å². The first-order chi connectivity index (χ1) is 41.1. The first-order valence-electron chi connectivity index (χ1n) is 31.8. The van der Waals surface area contributed by atoms with Gasteiger partial charge in [0.2, 0.25) is 59.1 Å². The summed E-state index contributed by atoms with van der Waals surface area (Å²) >= 11 is 0.945. The number of nitrogens with one attached hydrogen (secondary N) is 4. The lowest BCUT2D eigenvalue weighted by Gasteiger charge is -2.48. The monoisotopic (exact) mass is 1280 g/mol. The molecule has 89 heavy (non-hydrogen) atoms. The highest BCUT2D eigenvalue weighted by Gasteiger charge is 2.54. The van der Waals surface area contributed by atoms with Gasteiger partial charge in [0, 0.05) is 55.1 Å². The Morgan fingerprint density at radius 1 is 0.551 bits per heavy atom. The summed E-state index contributed by atoms with van der Waals surface area (Å²) in [6, 6.07) is -11.5. The van der Waals surface area contributed by atoms with Gasteiger partial charge in [0.15, 0.2) is 4.87 Å². The highest BCUT2D eigenvalue weighted by molar-refractivity contribution is 8.01. The second-order valence-corrected chi connectivity index (χ2v) is 28.1. The Balaban J connectivity index is 4.50. The second-order valence-electron chi connectivity index (χ2n) is 26.7. The molecule has 25 heteroatoms. The molecule has 11 amide bonds. The van der Waals surface area contributed by atoms with Crippen LogP contribution >= 0.6 is 11.8 Å². The van der Waals surface area contributed by atoms with Crippen LogP contribution in [0.25, 0.3) is 0 Å². The van der Waals surface area contributed by atoms with E-state index in [4.69, 9.17) is 0 Å². The molecule has 1 rings (SSSR count). The van der Waals surface area contributed by atoms with Crippen LogP contribution in [0, 0.1) is 41.4 Å². The maximum atomic E-state index is 15.9. The molecule has 0 aromatic carbocycles. The SMILES string of the molecule is C/C=C/C[C@@H](C)[C@@H](O)[C@H]1C(=O)N[C@@H](CC)C(=O)N(C)CC(=O)N(C)[C@@H](CC(C)C)C(=O)N[C@@H](C(C)C)C(=O)N(C)[C@@H](CC(C)C)C(=O)N[C@@H](C)C(=O)N[C@H](C)C(=O)N(C)[C@@H](CC(C)C)C(=O)N(C)[C@@H](CC(C)C)C(=O)N(C)[C@](SCCO)(C(C)C)C(=O)N1C.